The molecule has 2 aliphatic heterocycles. The zero-order chi connectivity index (χ0) is 55.1. The number of benzene rings is 4. The van der Waals surface area contributed by atoms with Crippen molar-refractivity contribution in [1.29, 1.82) is 0 Å². The molecule has 0 bridgehead atoms. The predicted molar refractivity (Wildman–Crippen MR) is 321 cm³/mol. The molecule has 0 fully saturated rings. The number of hydrogen-bond acceptors (Lipinski definition) is 4. The van der Waals surface area contributed by atoms with E-state index in [0.717, 1.165) is 46.4 Å². The molecule has 0 spiro atoms. The van der Waals surface area contributed by atoms with E-state index in [1.54, 1.807) is 0 Å². The van der Waals surface area contributed by atoms with Crippen LogP contribution in [0.25, 0.3) is 0 Å². The second-order valence-corrected chi connectivity index (χ2v) is 32.4. The summed E-state index contributed by atoms with van der Waals surface area (Å²) in [6.07, 6.45) is 1.57. The monoisotopic (exact) mass is 1090 g/mol. The van der Waals surface area contributed by atoms with Crippen molar-refractivity contribution in [2.45, 2.75) is 222 Å². The average Bonchev–Trinajstić information content (AvgIpc) is 3.96. The van der Waals surface area contributed by atoms with Gasteiger partial charge in [-0.25, -0.2) is 0 Å². The van der Waals surface area contributed by atoms with E-state index in [9.17, 15) is 0 Å². The first-order valence-electron chi connectivity index (χ1n) is 27.2. The maximum Gasteiger partial charge on any atom is 2.00 e. The molecular formula is C68H92FeO4P2. The summed E-state index contributed by atoms with van der Waals surface area (Å²) in [6, 6.07) is 35.8. The van der Waals surface area contributed by atoms with Crippen LogP contribution in [-0.4, -0.2) is 0 Å². The molecule has 0 amide bonds. The Morgan fingerprint density at radius 2 is 0.533 bits per heavy atom. The average molecular weight is 1090 g/mol. The van der Waals surface area contributed by atoms with E-state index in [1.165, 1.54) is 66.8 Å². The predicted octanol–water partition coefficient (Wildman–Crippen LogP) is 19.2. The van der Waals surface area contributed by atoms with E-state index in [2.05, 4.69) is 263 Å². The van der Waals surface area contributed by atoms with Gasteiger partial charge in [0.25, 0.3) is 0 Å². The van der Waals surface area contributed by atoms with Gasteiger partial charge in [-0.2, -0.15) is 48.5 Å². The van der Waals surface area contributed by atoms with Gasteiger partial charge in [-0.1, -0.05) is 225 Å². The zero-order valence-corrected chi connectivity index (χ0v) is 53.4. The van der Waals surface area contributed by atoms with Crippen molar-refractivity contribution in [3.8, 4) is 23.0 Å². The van der Waals surface area contributed by atoms with Crippen LogP contribution >= 0.6 is 16.8 Å². The third kappa shape index (κ3) is 13.7. The number of fused-ring (bicyclic) bond motifs is 4. The van der Waals surface area contributed by atoms with Crippen LogP contribution in [0.1, 0.15) is 233 Å². The van der Waals surface area contributed by atoms with E-state index in [4.69, 9.17) is 18.1 Å². The first kappa shape index (κ1) is 60.4. The van der Waals surface area contributed by atoms with Gasteiger partial charge >= 0.3 is 17.1 Å². The molecule has 0 saturated heterocycles. The Morgan fingerprint density at radius 1 is 0.320 bits per heavy atom. The minimum atomic E-state index is -1.35. The Morgan fingerprint density at radius 3 is 0.693 bits per heavy atom. The van der Waals surface area contributed by atoms with E-state index in [1.807, 2.05) is 0 Å². The maximum atomic E-state index is 6.97. The van der Waals surface area contributed by atoms with Gasteiger partial charge in [-0.05, 0) is 87.8 Å². The fourth-order valence-electron chi connectivity index (χ4n) is 9.63. The number of rotatable bonds is 2. The number of hydrogen-bond donors (Lipinski definition) is 0. The van der Waals surface area contributed by atoms with Gasteiger partial charge in [0, 0.05) is 35.1 Å². The molecule has 6 aromatic carbocycles. The van der Waals surface area contributed by atoms with Gasteiger partial charge in [0.2, 0.25) is 16.8 Å². The fraction of sp³-hybridized carbons (Fsp3) is 0.500. The second-order valence-electron chi connectivity index (χ2n) is 29.6. The third-order valence-corrected chi connectivity index (χ3v) is 17.4. The van der Waals surface area contributed by atoms with E-state index >= 15 is 0 Å². The molecule has 2 heterocycles. The van der Waals surface area contributed by atoms with Crippen LogP contribution in [0.2, 0.25) is 0 Å². The van der Waals surface area contributed by atoms with Gasteiger partial charge in [0.05, 0.1) is 0 Å². The molecule has 0 aromatic heterocycles. The first-order chi connectivity index (χ1) is 33.7. The Labute approximate surface area is 468 Å². The van der Waals surface area contributed by atoms with Crippen molar-refractivity contribution in [1.82, 2.24) is 0 Å². The molecule has 406 valence electrons. The van der Waals surface area contributed by atoms with Crippen molar-refractivity contribution in [2.24, 2.45) is 0 Å². The van der Waals surface area contributed by atoms with Gasteiger partial charge in [-0.15, -0.1) is 0 Å². The topological polar surface area (TPSA) is 36.9 Å². The summed E-state index contributed by atoms with van der Waals surface area (Å²) in [7, 11) is -2.70. The van der Waals surface area contributed by atoms with E-state index in [-0.39, 0.29) is 60.4 Å². The molecule has 7 heteroatoms. The molecule has 8 rings (SSSR count). The zero-order valence-electron chi connectivity index (χ0n) is 50.5. The van der Waals surface area contributed by atoms with E-state index < -0.39 is 16.8 Å². The summed E-state index contributed by atoms with van der Waals surface area (Å²) in [5, 5.41) is 2.21. The molecule has 75 heavy (non-hydrogen) atoms. The molecule has 4 nitrogen and oxygen atoms in total. The molecular weight excluding hydrogens is 999 g/mol. The Bertz CT molecular complexity index is 2580. The SMILES string of the molecule is CC(C)(C)c1cc2c(c(C(C)(C)C)c1)OP(c1cc[cH-]c1)Oc1c(cc(C(C)(C)C)cc1C(C)(C)C)C2.CC(C)(C)c1cc2c(c(C(C)(C)C)c1)OP(c1cc[cH-]c1)Oc1c(cc(C(C)(C)C)cc1C(C)(C)C)C2.[Fe+2]. The molecule has 0 radical (unpaired) electrons. The van der Waals surface area contributed by atoms with Crippen molar-refractivity contribution >= 4 is 27.4 Å². The first-order valence-corrected chi connectivity index (χ1v) is 29.5. The normalized spacial score (nSPS) is 15.0. The Kier molecular flexibility index (Phi) is 17.0. The molecule has 0 saturated carbocycles. The van der Waals surface area contributed by atoms with Crippen molar-refractivity contribution in [2.75, 3.05) is 0 Å². The van der Waals surface area contributed by atoms with Crippen molar-refractivity contribution in [3.05, 3.63) is 164 Å². The molecule has 0 unspecified atom stereocenters. The fourth-order valence-corrected chi connectivity index (χ4v) is 12.5. The summed E-state index contributed by atoms with van der Waals surface area (Å²) >= 11 is 0. The summed E-state index contributed by atoms with van der Waals surface area (Å²) in [6.45, 7) is 55.0. The largest absolute Gasteiger partial charge is 2.00 e. The van der Waals surface area contributed by atoms with Crippen LogP contribution in [-0.2, 0) is 73.2 Å². The third-order valence-electron chi connectivity index (χ3n) is 14.5. The van der Waals surface area contributed by atoms with Crippen molar-refractivity contribution < 1.29 is 35.2 Å². The van der Waals surface area contributed by atoms with Crippen LogP contribution in [0.5, 0.6) is 23.0 Å². The van der Waals surface area contributed by atoms with Gasteiger partial charge < -0.3 is 18.1 Å². The molecule has 2 aliphatic rings. The van der Waals surface area contributed by atoms with Crippen LogP contribution in [0, 0.1) is 0 Å². The molecule has 0 N–H and O–H groups in total. The summed E-state index contributed by atoms with van der Waals surface area (Å²) in [5.74, 6) is 3.99. The van der Waals surface area contributed by atoms with Crippen molar-refractivity contribution in [3.63, 3.8) is 0 Å². The standard InChI is InChI=1S/2C34H46O2P.Fe/c2*1-31(2,3)24-18-22-17-23-19-25(32(4,5)6)21-28(34(10,11)12)30(23)36-37(26-15-13-14-16-26)35-29(22)27(20-24)33(7,8)9;/h2*13-16,18-21H,17H2,1-12H3;/q2*-1;+2. The van der Waals surface area contributed by atoms with Crippen LogP contribution in [0.15, 0.2) is 97.1 Å². The van der Waals surface area contributed by atoms with Crippen LogP contribution in [0.3, 0.4) is 0 Å². The van der Waals surface area contributed by atoms with E-state index in [0.29, 0.717) is 0 Å². The molecule has 0 atom stereocenters. The van der Waals surface area contributed by atoms with Gasteiger partial charge in [-0.3, -0.25) is 0 Å². The second kappa shape index (κ2) is 21.1. The summed E-state index contributed by atoms with van der Waals surface area (Å²) < 4.78 is 27.9. The Balaban J connectivity index is 0.000000241. The molecule has 6 aromatic rings. The Hall–Kier alpha value is -3.84. The summed E-state index contributed by atoms with van der Waals surface area (Å²) in [5.41, 5.74) is 15.3. The minimum absolute atomic E-state index is 0. The quantitative estimate of drug-likeness (QED) is 0.0984. The minimum Gasteiger partial charge on any atom is -0.444 e. The summed E-state index contributed by atoms with van der Waals surface area (Å²) in [4.78, 5) is 0. The van der Waals surface area contributed by atoms with Gasteiger partial charge in [0.1, 0.15) is 23.0 Å². The smallest absolute Gasteiger partial charge is 0.444 e. The maximum absolute atomic E-state index is 6.97. The molecule has 0 aliphatic carbocycles. The van der Waals surface area contributed by atoms with Crippen LogP contribution < -0.4 is 28.7 Å². The van der Waals surface area contributed by atoms with Gasteiger partial charge in [0.15, 0.2) is 0 Å². The van der Waals surface area contributed by atoms with Crippen LogP contribution in [0.4, 0.5) is 0 Å².